The van der Waals surface area contributed by atoms with Gasteiger partial charge in [-0.1, -0.05) is 31.2 Å². The van der Waals surface area contributed by atoms with Gasteiger partial charge < -0.3 is 15.5 Å². The van der Waals surface area contributed by atoms with Gasteiger partial charge in [0.15, 0.2) is 0 Å². The quantitative estimate of drug-likeness (QED) is 0.290. The predicted octanol–water partition coefficient (Wildman–Crippen LogP) is 6.38. The standard InChI is InChI=1S/C31H25ClF2N6O.CH4/c32-19-6-11-23-24(12-19)29(27-25(33)2-1-3-26(27)34)35-13-18-14-36-31(39-28(18)23)38-20-7-4-17(5-8-20)30(41)40-15-21-9-10-22(16-40)37-21;/h1-8,11-12,14,21-22,37H,9-10,13,15-16H2,(H,36,38,39);1H4. The maximum absolute atomic E-state index is 14.8. The van der Waals surface area contributed by atoms with Crippen LogP contribution in [0.2, 0.25) is 5.02 Å². The van der Waals surface area contributed by atoms with Gasteiger partial charge in [0.2, 0.25) is 5.95 Å². The van der Waals surface area contributed by atoms with Crippen LogP contribution in [0.4, 0.5) is 20.4 Å². The molecule has 3 aliphatic rings. The van der Waals surface area contributed by atoms with Crippen LogP contribution in [0.1, 0.15) is 47.3 Å². The molecule has 2 saturated heterocycles. The smallest absolute Gasteiger partial charge is 0.253 e. The number of nitrogens with zero attached hydrogens (tertiary/aromatic N) is 4. The molecule has 0 radical (unpaired) electrons. The molecular weight excluding hydrogens is 558 g/mol. The molecule has 7 nitrogen and oxygen atoms in total. The second-order valence-electron chi connectivity index (χ2n) is 10.6. The van der Waals surface area contributed by atoms with Crippen LogP contribution in [0, 0.1) is 11.6 Å². The van der Waals surface area contributed by atoms with Crippen LogP contribution >= 0.6 is 11.6 Å². The Kier molecular flexibility index (Phi) is 7.47. The molecule has 2 unspecified atom stereocenters. The number of fused-ring (bicyclic) bond motifs is 5. The van der Waals surface area contributed by atoms with Gasteiger partial charge in [-0.25, -0.2) is 18.7 Å². The number of likely N-dealkylation sites (tertiary alicyclic amines) is 1. The SMILES string of the molecule is C.O=C(c1ccc(Nc2ncc3c(n2)-c2ccc(Cl)cc2C(c2c(F)cccc2F)=NC3)cc1)N1CC2CCC(C1)N2. The highest BCUT2D eigenvalue weighted by Crippen LogP contribution is 2.35. The van der Waals surface area contributed by atoms with Crippen LogP contribution in [0.5, 0.6) is 0 Å². The average Bonchev–Trinajstić information content (AvgIpc) is 3.23. The molecule has 4 aromatic rings. The molecule has 0 aliphatic carbocycles. The molecule has 0 spiro atoms. The Morgan fingerprint density at radius 2 is 1.69 bits per heavy atom. The maximum Gasteiger partial charge on any atom is 0.253 e. The van der Waals surface area contributed by atoms with Gasteiger partial charge in [0, 0.05) is 64.3 Å². The third-order valence-electron chi connectivity index (χ3n) is 7.86. The Balaban J connectivity index is 0.00000316. The van der Waals surface area contributed by atoms with E-state index < -0.39 is 11.6 Å². The fourth-order valence-corrected chi connectivity index (χ4v) is 6.06. The van der Waals surface area contributed by atoms with Crippen molar-refractivity contribution in [3.63, 3.8) is 0 Å². The number of halogens is 3. The fourth-order valence-electron chi connectivity index (χ4n) is 5.89. The Labute approximate surface area is 247 Å². The van der Waals surface area contributed by atoms with Crippen LogP contribution in [-0.4, -0.2) is 51.7 Å². The number of aliphatic imine (C=N–C) groups is 1. The fraction of sp³-hybridized carbons (Fsp3) is 0.250. The lowest BCUT2D eigenvalue weighted by molar-refractivity contribution is 0.0697. The first-order valence-electron chi connectivity index (χ1n) is 13.5. The summed E-state index contributed by atoms with van der Waals surface area (Å²) in [5.74, 6) is -1.04. The second-order valence-corrected chi connectivity index (χ2v) is 11.0. The first kappa shape index (κ1) is 27.9. The molecule has 214 valence electrons. The molecule has 4 heterocycles. The Bertz CT molecular complexity index is 1680. The number of carbonyl (C=O) groups excluding carboxylic acids is 1. The lowest BCUT2D eigenvalue weighted by Gasteiger charge is -2.33. The number of piperazine rings is 1. The van der Waals surface area contributed by atoms with E-state index in [0.29, 0.717) is 51.0 Å². The van der Waals surface area contributed by atoms with E-state index in [-0.39, 0.29) is 31.2 Å². The van der Waals surface area contributed by atoms with Crippen LogP contribution < -0.4 is 10.6 Å². The minimum absolute atomic E-state index is 0. The van der Waals surface area contributed by atoms with Crippen LogP contribution in [0.3, 0.4) is 0 Å². The van der Waals surface area contributed by atoms with E-state index in [4.69, 9.17) is 16.6 Å². The first-order valence-corrected chi connectivity index (χ1v) is 13.9. The monoisotopic (exact) mass is 586 g/mol. The predicted molar refractivity (Wildman–Crippen MR) is 160 cm³/mol. The summed E-state index contributed by atoms with van der Waals surface area (Å²) in [5, 5.41) is 7.16. The topological polar surface area (TPSA) is 82.5 Å². The lowest BCUT2D eigenvalue weighted by atomic mass is 9.95. The highest BCUT2D eigenvalue weighted by molar-refractivity contribution is 6.31. The van der Waals surface area contributed by atoms with Gasteiger partial charge in [0.1, 0.15) is 11.6 Å². The molecule has 2 N–H and O–H groups in total. The molecule has 2 atom stereocenters. The molecule has 0 saturated carbocycles. The van der Waals surface area contributed by atoms with E-state index in [1.165, 1.54) is 18.2 Å². The summed E-state index contributed by atoms with van der Waals surface area (Å²) in [6.45, 7) is 1.61. The number of rotatable bonds is 4. The van der Waals surface area contributed by atoms with Crippen molar-refractivity contribution in [2.24, 2.45) is 4.99 Å². The highest BCUT2D eigenvalue weighted by Gasteiger charge is 2.34. The molecule has 1 amide bonds. The van der Waals surface area contributed by atoms with Crippen molar-refractivity contribution in [3.05, 3.63) is 106 Å². The second kappa shape index (κ2) is 11.2. The van der Waals surface area contributed by atoms with Crippen molar-refractivity contribution >= 4 is 34.9 Å². The van der Waals surface area contributed by atoms with E-state index in [0.717, 1.165) is 31.6 Å². The Hall–Kier alpha value is -4.21. The minimum Gasteiger partial charge on any atom is -0.336 e. The lowest BCUT2D eigenvalue weighted by Crippen LogP contribution is -2.53. The van der Waals surface area contributed by atoms with Crippen molar-refractivity contribution in [1.82, 2.24) is 20.2 Å². The van der Waals surface area contributed by atoms with Crippen molar-refractivity contribution in [2.45, 2.75) is 38.9 Å². The number of amides is 1. The summed E-state index contributed by atoms with van der Waals surface area (Å²) in [6.07, 6.45) is 3.88. The highest BCUT2D eigenvalue weighted by atomic mass is 35.5. The largest absolute Gasteiger partial charge is 0.336 e. The van der Waals surface area contributed by atoms with Crippen molar-refractivity contribution in [3.8, 4) is 11.3 Å². The normalized spacial score (nSPS) is 18.7. The summed E-state index contributed by atoms with van der Waals surface area (Å²) in [6, 6.07) is 16.9. The maximum atomic E-state index is 14.8. The van der Waals surface area contributed by atoms with Crippen molar-refractivity contribution in [1.29, 1.82) is 0 Å². The number of benzene rings is 3. The number of anilines is 2. The molecule has 3 aromatic carbocycles. The zero-order valence-corrected chi connectivity index (χ0v) is 22.6. The molecule has 1 aromatic heterocycles. The molecule has 10 heteroatoms. The average molecular weight is 587 g/mol. The van der Waals surface area contributed by atoms with Gasteiger partial charge >= 0.3 is 0 Å². The van der Waals surface area contributed by atoms with E-state index in [1.54, 1.807) is 36.5 Å². The summed E-state index contributed by atoms with van der Waals surface area (Å²) < 4.78 is 29.6. The van der Waals surface area contributed by atoms with Crippen LogP contribution in [0.25, 0.3) is 11.3 Å². The van der Waals surface area contributed by atoms with E-state index >= 15 is 0 Å². The van der Waals surface area contributed by atoms with Gasteiger partial charge in [-0.2, -0.15) is 0 Å². The zero-order chi connectivity index (χ0) is 28.1. The first-order chi connectivity index (χ1) is 19.9. The Morgan fingerprint density at radius 3 is 2.40 bits per heavy atom. The summed E-state index contributed by atoms with van der Waals surface area (Å²) in [7, 11) is 0. The Morgan fingerprint density at radius 1 is 0.976 bits per heavy atom. The summed E-state index contributed by atoms with van der Waals surface area (Å²) >= 11 is 6.31. The van der Waals surface area contributed by atoms with Gasteiger partial charge in [0.25, 0.3) is 5.91 Å². The number of nitrogens with one attached hydrogen (secondary N) is 2. The summed E-state index contributed by atoms with van der Waals surface area (Å²) in [5.41, 5.74) is 3.73. The van der Waals surface area contributed by atoms with Crippen molar-refractivity contribution < 1.29 is 13.6 Å². The molecule has 7 rings (SSSR count). The van der Waals surface area contributed by atoms with Crippen LogP contribution in [0.15, 0.2) is 71.9 Å². The molecule has 42 heavy (non-hydrogen) atoms. The van der Waals surface area contributed by atoms with Crippen LogP contribution in [-0.2, 0) is 6.54 Å². The number of carbonyl (C=O) groups is 1. The molecule has 2 bridgehead atoms. The third-order valence-corrected chi connectivity index (χ3v) is 8.09. The van der Waals surface area contributed by atoms with Gasteiger partial charge in [-0.15, -0.1) is 0 Å². The summed E-state index contributed by atoms with van der Waals surface area (Å²) in [4.78, 5) is 28.8. The molecule has 2 fully saturated rings. The van der Waals surface area contributed by atoms with Gasteiger partial charge in [-0.05, 0) is 61.4 Å². The van der Waals surface area contributed by atoms with E-state index in [9.17, 15) is 13.6 Å². The third kappa shape index (κ3) is 5.14. The van der Waals surface area contributed by atoms with E-state index in [1.807, 2.05) is 17.0 Å². The molecule has 3 aliphatic heterocycles. The number of hydrogen-bond acceptors (Lipinski definition) is 6. The molecular formula is C32H29ClF2N6O. The number of aromatic nitrogens is 2. The van der Waals surface area contributed by atoms with Crippen molar-refractivity contribution in [2.75, 3.05) is 18.4 Å². The van der Waals surface area contributed by atoms with Gasteiger partial charge in [-0.3, -0.25) is 9.79 Å². The zero-order valence-electron chi connectivity index (χ0n) is 21.9. The minimum atomic E-state index is -0.708. The van der Waals surface area contributed by atoms with Gasteiger partial charge in [0.05, 0.1) is 23.5 Å². The van der Waals surface area contributed by atoms with E-state index in [2.05, 4.69) is 20.6 Å². The number of hydrogen-bond donors (Lipinski definition) is 2.